The zero-order valence-corrected chi connectivity index (χ0v) is 15.4. The van der Waals surface area contributed by atoms with Gasteiger partial charge in [-0.2, -0.15) is 0 Å². The summed E-state index contributed by atoms with van der Waals surface area (Å²) in [5.41, 5.74) is 0.548. The van der Waals surface area contributed by atoms with Gasteiger partial charge in [-0.25, -0.2) is 0 Å². The Balaban J connectivity index is 1.62. The van der Waals surface area contributed by atoms with Crippen molar-refractivity contribution < 1.29 is 9.90 Å². The quantitative estimate of drug-likeness (QED) is 0.827. The number of nitrogens with zero attached hydrogens (tertiary/aromatic N) is 5. The molecule has 0 radical (unpaired) electrons. The molecular formula is C17H20BrN5O2. The van der Waals surface area contributed by atoms with Crippen LogP contribution in [0.4, 0.5) is 0 Å². The maximum absolute atomic E-state index is 13.2. The van der Waals surface area contributed by atoms with Crippen molar-refractivity contribution in [3.05, 3.63) is 34.6 Å². The number of fused-ring (bicyclic) bond motifs is 1. The van der Waals surface area contributed by atoms with Gasteiger partial charge in [0.25, 0.3) is 5.91 Å². The Bertz CT molecular complexity index is 781. The summed E-state index contributed by atoms with van der Waals surface area (Å²) in [5, 5.41) is 22.5. The number of carbonyl (C=O) groups is 1. The molecule has 0 unspecified atom stereocenters. The highest BCUT2D eigenvalue weighted by Crippen LogP contribution is 2.40. The Kier molecular flexibility index (Phi) is 4.33. The fourth-order valence-corrected chi connectivity index (χ4v) is 4.42. The number of hydrogen-bond acceptors (Lipinski definition) is 5. The van der Waals surface area contributed by atoms with Gasteiger partial charge in [0.05, 0.1) is 11.2 Å². The molecule has 4 rings (SSSR count). The van der Waals surface area contributed by atoms with Gasteiger partial charge in [0.1, 0.15) is 5.69 Å². The van der Waals surface area contributed by atoms with Gasteiger partial charge in [-0.1, -0.05) is 28.8 Å². The van der Waals surface area contributed by atoms with Gasteiger partial charge in [-0.05, 0) is 42.7 Å². The van der Waals surface area contributed by atoms with E-state index < -0.39 is 5.60 Å². The predicted molar refractivity (Wildman–Crippen MR) is 94.3 cm³/mol. The van der Waals surface area contributed by atoms with E-state index in [1.165, 1.54) is 11.1 Å². The zero-order chi connectivity index (χ0) is 17.4. The molecule has 1 saturated heterocycles. The number of aliphatic hydroxyl groups is 1. The number of hydrogen-bond donors (Lipinski definition) is 1. The lowest BCUT2D eigenvalue weighted by atomic mass is 9.71. The maximum atomic E-state index is 13.2. The lowest BCUT2D eigenvalue weighted by molar-refractivity contribution is -0.0886. The number of rotatable bonds is 2. The van der Waals surface area contributed by atoms with Gasteiger partial charge in [-0.3, -0.25) is 4.79 Å². The Labute approximate surface area is 154 Å². The van der Waals surface area contributed by atoms with Gasteiger partial charge in [0, 0.05) is 23.5 Å². The molecule has 1 aliphatic carbocycles. The number of likely N-dealkylation sites (tertiary alicyclic amines) is 1. The number of aromatic nitrogens is 4. The van der Waals surface area contributed by atoms with Crippen LogP contribution in [0.5, 0.6) is 0 Å². The lowest BCUT2D eigenvalue weighted by Crippen LogP contribution is -2.54. The topological polar surface area (TPSA) is 84.1 Å². The molecule has 25 heavy (non-hydrogen) atoms. The summed E-state index contributed by atoms with van der Waals surface area (Å²) in [4.78, 5) is 16.4. The van der Waals surface area contributed by atoms with Crippen molar-refractivity contribution in [3.63, 3.8) is 0 Å². The highest BCUT2D eigenvalue weighted by atomic mass is 79.9. The molecule has 7 nitrogen and oxygen atoms in total. The first kappa shape index (κ1) is 16.7. The summed E-state index contributed by atoms with van der Waals surface area (Å²) < 4.78 is 0.825. The molecular weight excluding hydrogens is 386 g/mol. The Morgan fingerprint density at radius 2 is 2.20 bits per heavy atom. The number of tetrazole rings is 1. The molecule has 2 atom stereocenters. The SMILES string of the molecule is O=C(c1cc(Br)ccc1-n1ncnn1)N1CC[C@@]2(O)CCCC[C@H]2C1. The smallest absolute Gasteiger partial charge is 0.256 e. The average molecular weight is 406 g/mol. The molecule has 1 saturated carbocycles. The minimum atomic E-state index is -0.595. The molecule has 0 spiro atoms. The third-order valence-corrected chi connectivity index (χ3v) is 5.96. The number of piperidine rings is 1. The van der Waals surface area contributed by atoms with Gasteiger partial charge in [-0.15, -0.1) is 15.0 Å². The lowest BCUT2D eigenvalue weighted by Gasteiger charge is -2.47. The monoisotopic (exact) mass is 405 g/mol. The van der Waals surface area contributed by atoms with E-state index in [2.05, 4.69) is 31.3 Å². The molecule has 1 amide bonds. The average Bonchev–Trinajstić information content (AvgIpc) is 3.14. The van der Waals surface area contributed by atoms with Gasteiger partial charge in [0.15, 0.2) is 6.33 Å². The van der Waals surface area contributed by atoms with Crippen molar-refractivity contribution in [1.29, 1.82) is 0 Å². The van der Waals surface area contributed by atoms with Crippen molar-refractivity contribution in [2.24, 2.45) is 5.92 Å². The van der Waals surface area contributed by atoms with Crippen LogP contribution < -0.4 is 0 Å². The van der Waals surface area contributed by atoms with Crippen LogP contribution in [-0.4, -0.2) is 54.8 Å². The molecule has 2 fully saturated rings. The van der Waals surface area contributed by atoms with Crippen molar-refractivity contribution in [1.82, 2.24) is 25.1 Å². The van der Waals surface area contributed by atoms with E-state index in [0.29, 0.717) is 30.8 Å². The van der Waals surface area contributed by atoms with Crippen molar-refractivity contribution in [3.8, 4) is 5.69 Å². The van der Waals surface area contributed by atoms with E-state index in [1.807, 2.05) is 11.0 Å². The number of carbonyl (C=O) groups excluding carboxylic acids is 1. The van der Waals surface area contributed by atoms with Gasteiger partial charge >= 0.3 is 0 Å². The normalized spacial score (nSPS) is 26.3. The van der Waals surface area contributed by atoms with E-state index in [4.69, 9.17) is 0 Å². The first-order chi connectivity index (χ1) is 12.1. The molecule has 1 aromatic carbocycles. The first-order valence-electron chi connectivity index (χ1n) is 8.61. The van der Waals surface area contributed by atoms with Crippen LogP contribution in [0, 0.1) is 5.92 Å². The second kappa shape index (κ2) is 6.49. The van der Waals surface area contributed by atoms with Crippen LogP contribution in [0.1, 0.15) is 42.5 Å². The van der Waals surface area contributed by atoms with Gasteiger partial charge < -0.3 is 10.0 Å². The summed E-state index contributed by atoms with van der Waals surface area (Å²) >= 11 is 3.44. The number of benzene rings is 1. The Morgan fingerprint density at radius 3 is 3.00 bits per heavy atom. The summed E-state index contributed by atoms with van der Waals surface area (Å²) in [6.07, 6.45) is 6.03. The fraction of sp³-hybridized carbons (Fsp3) is 0.529. The number of amides is 1. The highest BCUT2D eigenvalue weighted by molar-refractivity contribution is 9.10. The maximum Gasteiger partial charge on any atom is 0.256 e. The van der Waals surface area contributed by atoms with Crippen LogP contribution in [0.2, 0.25) is 0 Å². The molecule has 1 N–H and O–H groups in total. The summed E-state index contributed by atoms with van der Waals surface area (Å²) in [6, 6.07) is 5.45. The molecule has 2 heterocycles. The van der Waals surface area contributed by atoms with Crippen LogP contribution in [0.15, 0.2) is 29.0 Å². The molecule has 1 aliphatic heterocycles. The van der Waals surface area contributed by atoms with E-state index >= 15 is 0 Å². The van der Waals surface area contributed by atoms with Crippen LogP contribution in [-0.2, 0) is 0 Å². The minimum Gasteiger partial charge on any atom is -0.389 e. The molecule has 2 aliphatic rings. The summed E-state index contributed by atoms with van der Waals surface area (Å²) in [5.74, 6) is 0.111. The third-order valence-electron chi connectivity index (χ3n) is 5.47. The molecule has 132 valence electrons. The van der Waals surface area contributed by atoms with Gasteiger partial charge in [0.2, 0.25) is 0 Å². The summed E-state index contributed by atoms with van der Waals surface area (Å²) in [6.45, 7) is 1.18. The standard InChI is InChI=1S/C17H20BrN5O2/c18-13-4-5-15(23-20-11-19-21-23)14(9-13)16(24)22-8-7-17(25)6-2-1-3-12(17)10-22/h4-5,9,11-12,25H,1-3,6-8,10H2/t12-,17-/m0/s1. The fourth-order valence-electron chi connectivity index (χ4n) is 4.06. The number of halogens is 1. The van der Waals surface area contributed by atoms with E-state index in [0.717, 1.165) is 30.2 Å². The largest absolute Gasteiger partial charge is 0.389 e. The summed E-state index contributed by atoms with van der Waals surface area (Å²) in [7, 11) is 0. The minimum absolute atomic E-state index is 0.0544. The van der Waals surface area contributed by atoms with Crippen LogP contribution in [0.3, 0.4) is 0 Å². The molecule has 2 aromatic rings. The highest BCUT2D eigenvalue weighted by Gasteiger charge is 2.44. The molecule has 0 bridgehead atoms. The van der Waals surface area contributed by atoms with Crippen molar-refractivity contribution in [2.45, 2.75) is 37.7 Å². The molecule has 8 heteroatoms. The van der Waals surface area contributed by atoms with E-state index in [1.54, 1.807) is 12.1 Å². The Morgan fingerprint density at radius 1 is 1.32 bits per heavy atom. The first-order valence-corrected chi connectivity index (χ1v) is 9.41. The third kappa shape index (κ3) is 3.08. The van der Waals surface area contributed by atoms with Crippen LogP contribution >= 0.6 is 15.9 Å². The molecule has 1 aromatic heterocycles. The Hall–Kier alpha value is -1.80. The second-order valence-electron chi connectivity index (χ2n) is 6.93. The van der Waals surface area contributed by atoms with E-state index in [-0.39, 0.29) is 11.8 Å². The zero-order valence-electron chi connectivity index (χ0n) is 13.8. The van der Waals surface area contributed by atoms with E-state index in [9.17, 15) is 9.90 Å². The van der Waals surface area contributed by atoms with Crippen molar-refractivity contribution >= 4 is 21.8 Å². The van der Waals surface area contributed by atoms with Crippen LogP contribution in [0.25, 0.3) is 5.69 Å². The predicted octanol–water partition coefficient (Wildman–Crippen LogP) is 2.19. The van der Waals surface area contributed by atoms with Crippen molar-refractivity contribution in [2.75, 3.05) is 13.1 Å². The second-order valence-corrected chi connectivity index (χ2v) is 7.85.